The molecule has 0 unspecified atom stereocenters. The maximum Gasteiger partial charge on any atom is 0.264 e. The third kappa shape index (κ3) is 3.92. The highest BCUT2D eigenvalue weighted by Gasteiger charge is 2.24. The molecule has 1 fully saturated rings. The summed E-state index contributed by atoms with van der Waals surface area (Å²) in [4.78, 5) is 28.1. The third-order valence-corrected chi connectivity index (χ3v) is 3.87. The van der Waals surface area contributed by atoms with Crippen LogP contribution in [0.25, 0.3) is 0 Å². The molecule has 0 aromatic carbocycles. The van der Waals surface area contributed by atoms with Gasteiger partial charge in [0, 0.05) is 39.1 Å². The Morgan fingerprint density at radius 3 is 2.37 bits per heavy atom. The van der Waals surface area contributed by atoms with Gasteiger partial charge in [-0.05, 0) is 11.4 Å². The lowest BCUT2D eigenvalue weighted by Gasteiger charge is -2.34. The number of piperazine rings is 1. The molecule has 1 aromatic heterocycles. The molecule has 0 atom stereocenters. The fourth-order valence-corrected chi connectivity index (χ4v) is 2.69. The summed E-state index contributed by atoms with van der Waals surface area (Å²) in [5.74, 6) is 0.150. The number of hydrogen-bond acceptors (Lipinski definition) is 4. The second-order valence-corrected chi connectivity index (χ2v) is 5.14. The number of amides is 2. The zero-order valence-electron chi connectivity index (χ0n) is 10.6. The van der Waals surface area contributed by atoms with Crippen molar-refractivity contribution in [2.45, 2.75) is 6.42 Å². The van der Waals surface area contributed by atoms with Gasteiger partial charge in [0.1, 0.15) is 0 Å². The highest BCUT2D eigenvalue weighted by atomic mass is 35.5. The Bertz CT molecular complexity index is 417. The Labute approximate surface area is 122 Å². The summed E-state index contributed by atoms with van der Waals surface area (Å²) in [5.41, 5.74) is 5.37. The zero-order chi connectivity index (χ0) is 13.0. The molecule has 7 heteroatoms. The van der Waals surface area contributed by atoms with E-state index in [1.165, 1.54) is 11.3 Å². The van der Waals surface area contributed by atoms with Gasteiger partial charge in [-0.2, -0.15) is 0 Å². The highest BCUT2D eigenvalue weighted by molar-refractivity contribution is 7.12. The lowest BCUT2D eigenvalue weighted by molar-refractivity contribution is -0.132. The van der Waals surface area contributed by atoms with E-state index in [0.29, 0.717) is 39.1 Å². The number of carbonyl (C=O) groups is 2. The quantitative estimate of drug-likeness (QED) is 0.898. The van der Waals surface area contributed by atoms with Crippen LogP contribution in [0.15, 0.2) is 17.5 Å². The molecule has 2 amide bonds. The molecule has 0 aliphatic carbocycles. The van der Waals surface area contributed by atoms with Crippen LogP contribution in [-0.4, -0.2) is 54.3 Å². The van der Waals surface area contributed by atoms with Crippen molar-refractivity contribution >= 4 is 35.6 Å². The second kappa shape index (κ2) is 7.47. The molecular weight excluding hydrogens is 286 g/mol. The number of halogens is 1. The summed E-state index contributed by atoms with van der Waals surface area (Å²) in [6, 6.07) is 3.71. The number of hydrogen-bond donors (Lipinski definition) is 1. The van der Waals surface area contributed by atoms with E-state index in [1.54, 1.807) is 9.80 Å². The first-order valence-electron chi connectivity index (χ1n) is 6.03. The van der Waals surface area contributed by atoms with Gasteiger partial charge in [0.25, 0.3) is 5.91 Å². The first-order valence-corrected chi connectivity index (χ1v) is 6.91. The summed E-state index contributed by atoms with van der Waals surface area (Å²) < 4.78 is 0. The molecule has 19 heavy (non-hydrogen) atoms. The number of nitrogens with zero attached hydrogens (tertiary/aromatic N) is 2. The van der Waals surface area contributed by atoms with Crippen LogP contribution in [0.4, 0.5) is 0 Å². The minimum atomic E-state index is 0. The van der Waals surface area contributed by atoms with Crippen LogP contribution < -0.4 is 5.73 Å². The van der Waals surface area contributed by atoms with Gasteiger partial charge in [0.15, 0.2) is 0 Å². The van der Waals surface area contributed by atoms with Gasteiger partial charge in [-0.15, -0.1) is 23.7 Å². The normalized spacial score (nSPS) is 15.0. The molecule has 2 N–H and O–H groups in total. The van der Waals surface area contributed by atoms with Crippen molar-refractivity contribution in [3.63, 3.8) is 0 Å². The van der Waals surface area contributed by atoms with Crippen LogP contribution in [-0.2, 0) is 4.79 Å². The standard InChI is InChI=1S/C12H17N3O2S.ClH/c13-4-3-11(16)14-5-7-15(8-6-14)12(17)10-2-1-9-18-10;/h1-2,9H,3-8,13H2;1H. The molecule has 5 nitrogen and oxygen atoms in total. The molecule has 1 aliphatic rings. The molecule has 1 aromatic rings. The number of rotatable bonds is 3. The fourth-order valence-electron chi connectivity index (χ4n) is 2.00. The van der Waals surface area contributed by atoms with Crippen molar-refractivity contribution in [2.75, 3.05) is 32.7 Å². The average Bonchev–Trinajstić information content (AvgIpc) is 2.92. The lowest BCUT2D eigenvalue weighted by atomic mass is 10.2. The van der Waals surface area contributed by atoms with E-state index >= 15 is 0 Å². The minimum absolute atomic E-state index is 0. The second-order valence-electron chi connectivity index (χ2n) is 4.19. The van der Waals surface area contributed by atoms with E-state index in [-0.39, 0.29) is 24.2 Å². The molecule has 0 radical (unpaired) electrons. The molecule has 1 saturated heterocycles. The Hall–Kier alpha value is -1.11. The fraction of sp³-hybridized carbons (Fsp3) is 0.500. The molecule has 0 spiro atoms. The SMILES string of the molecule is Cl.NCCC(=O)N1CCN(C(=O)c2cccs2)CC1. The molecule has 0 bridgehead atoms. The Morgan fingerprint density at radius 2 is 1.84 bits per heavy atom. The van der Waals surface area contributed by atoms with Crippen LogP contribution in [0.2, 0.25) is 0 Å². The minimum Gasteiger partial charge on any atom is -0.339 e. The predicted octanol–water partition coefficient (Wildman–Crippen LogP) is 0.803. The smallest absolute Gasteiger partial charge is 0.264 e. The first kappa shape index (κ1) is 15.9. The van der Waals surface area contributed by atoms with E-state index < -0.39 is 0 Å². The Kier molecular flexibility index (Phi) is 6.27. The monoisotopic (exact) mass is 303 g/mol. The average molecular weight is 304 g/mol. The Balaban J connectivity index is 0.00000180. The van der Waals surface area contributed by atoms with Gasteiger partial charge >= 0.3 is 0 Å². The largest absolute Gasteiger partial charge is 0.339 e. The van der Waals surface area contributed by atoms with Crippen molar-refractivity contribution in [3.05, 3.63) is 22.4 Å². The van der Waals surface area contributed by atoms with Gasteiger partial charge in [-0.3, -0.25) is 9.59 Å². The van der Waals surface area contributed by atoms with Gasteiger partial charge in [0.05, 0.1) is 4.88 Å². The zero-order valence-corrected chi connectivity index (χ0v) is 12.2. The van der Waals surface area contributed by atoms with Gasteiger partial charge in [-0.25, -0.2) is 0 Å². The summed E-state index contributed by atoms with van der Waals surface area (Å²) >= 11 is 1.45. The molecule has 2 rings (SSSR count). The van der Waals surface area contributed by atoms with Crippen molar-refractivity contribution < 1.29 is 9.59 Å². The third-order valence-electron chi connectivity index (χ3n) is 3.01. The van der Waals surface area contributed by atoms with E-state index in [9.17, 15) is 9.59 Å². The van der Waals surface area contributed by atoms with E-state index in [2.05, 4.69) is 0 Å². The van der Waals surface area contributed by atoms with Crippen LogP contribution in [0.5, 0.6) is 0 Å². The molecule has 106 valence electrons. The summed E-state index contributed by atoms with van der Waals surface area (Å²) in [6.45, 7) is 2.80. The predicted molar refractivity (Wildman–Crippen MR) is 77.7 cm³/mol. The molecule has 1 aliphatic heterocycles. The van der Waals surface area contributed by atoms with Crippen molar-refractivity contribution in [2.24, 2.45) is 5.73 Å². The van der Waals surface area contributed by atoms with Crippen LogP contribution >= 0.6 is 23.7 Å². The maximum atomic E-state index is 12.1. The molecular formula is C12H18ClN3O2S. The number of carbonyl (C=O) groups excluding carboxylic acids is 2. The lowest BCUT2D eigenvalue weighted by Crippen LogP contribution is -2.50. The Morgan fingerprint density at radius 1 is 1.21 bits per heavy atom. The molecule has 0 saturated carbocycles. The number of thiophene rings is 1. The highest BCUT2D eigenvalue weighted by Crippen LogP contribution is 2.14. The number of nitrogens with two attached hydrogens (primary N) is 1. The van der Waals surface area contributed by atoms with Crippen LogP contribution in [0.3, 0.4) is 0 Å². The van der Waals surface area contributed by atoms with Gasteiger partial charge < -0.3 is 15.5 Å². The molecule has 2 heterocycles. The van der Waals surface area contributed by atoms with Gasteiger partial charge in [-0.1, -0.05) is 6.07 Å². The maximum absolute atomic E-state index is 12.1. The topological polar surface area (TPSA) is 66.6 Å². The van der Waals surface area contributed by atoms with E-state index in [0.717, 1.165) is 4.88 Å². The first-order chi connectivity index (χ1) is 8.72. The van der Waals surface area contributed by atoms with E-state index in [1.807, 2.05) is 17.5 Å². The summed E-state index contributed by atoms with van der Waals surface area (Å²) in [7, 11) is 0. The van der Waals surface area contributed by atoms with Crippen molar-refractivity contribution in [3.8, 4) is 0 Å². The van der Waals surface area contributed by atoms with Crippen molar-refractivity contribution in [1.82, 2.24) is 9.80 Å². The van der Waals surface area contributed by atoms with E-state index in [4.69, 9.17) is 5.73 Å². The summed E-state index contributed by atoms with van der Waals surface area (Å²) in [6.07, 6.45) is 0.388. The summed E-state index contributed by atoms with van der Waals surface area (Å²) in [5, 5.41) is 1.90. The van der Waals surface area contributed by atoms with Gasteiger partial charge in [0.2, 0.25) is 5.91 Å². The van der Waals surface area contributed by atoms with Crippen LogP contribution in [0, 0.1) is 0 Å². The van der Waals surface area contributed by atoms with Crippen LogP contribution in [0.1, 0.15) is 16.1 Å². The van der Waals surface area contributed by atoms with Crippen molar-refractivity contribution in [1.29, 1.82) is 0 Å².